The Morgan fingerprint density at radius 2 is 2.14 bits per heavy atom. The number of benzene rings is 1. The molecule has 1 heterocycles. The molecule has 0 aliphatic heterocycles. The van der Waals surface area contributed by atoms with E-state index in [0.717, 1.165) is 30.4 Å². The van der Waals surface area contributed by atoms with Crippen LogP contribution in [0.25, 0.3) is 0 Å². The molecule has 1 aromatic heterocycles. The molecular formula is C16H19F2N3O. The monoisotopic (exact) mass is 307 g/mol. The third-order valence-electron chi connectivity index (χ3n) is 3.66. The van der Waals surface area contributed by atoms with Crippen LogP contribution in [0.15, 0.2) is 24.3 Å². The van der Waals surface area contributed by atoms with Crippen molar-refractivity contribution in [3.63, 3.8) is 0 Å². The minimum absolute atomic E-state index is 0.0149. The zero-order chi connectivity index (χ0) is 15.5. The van der Waals surface area contributed by atoms with Gasteiger partial charge in [-0.2, -0.15) is 5.10 Å². The van der Waals surface area contributed by atoms with Gasteiger partial charge in [0.15, 0.2) is 0 Å². The van der Waals surface area contributed by atoms with Crippen molar-refractivity contribution in [3.05, 3.63) is 47.2 Å². The summed E-state index contributed by atoms with van der Waals surface area (Å²) in [6.07, 6.45) is 2.42. The maximum absolute atomic E-state index is 13.6. The van der Waals surface area contributed by atoms with Crippen molar-refractivity contribution in [1.82, 2.24) is 15.1 Å². The molecule has 0 spiro atoms. The van der Waals surface area contributed by atoms with Crippen molar-refractivity contribution < 1.29 is 13.5 Å². The zero-order valence-corrected chi connectivity index (χ0v) is 12.5. The van der Waals surface area contributed by atoms with Gasteiger partial charge in [-0.15, -0.1) is 0 Å². The summed E-state index contributed by atoms with van der Waals surface area (Å²) in [5.74, 6) is 0.309. The van der Waals surface area contributed by atoms with Crippen molar-refractivity contribution >= 4 is 0 Å². The van der Waals surface area contributed by atoms with Crippen LogP contribution in [0.3, 0.4) is 0 Å². The Bertz CT molecular complexity index is 653. The molecule has 2 aromatic rings. The molecular weight excluding hydrogens is 288 g/mol. The minimum atomic E-state index is -0.470. The van der Waals surface area contributed by atoms with Gasteiger partial charge in [0.05, 0.1) is 5.69 Å². The predicted molar refractivity (Wildman–Crippen MR) is 78.4 cm³/mol. The maximum atomic E-state index is 13.6. The van der Waals surface area contributed by atoms with Gasteiger partial charge in [0, 0.05) is 24.7 Å². The summed E-state index contributed by atoms with van der Waals surface area (Å²) in [5, 5.41) is 7.54. The summed E-state index contributed by atoms with van der Waals surface area (Å²) in [4.78, 5) is 0. The minimum Gasteiger partial charge on any atom is -0.473 e. The molecule has 22 heavy (non-hydrogen) atoms. The van der Waals surface area contributed by atoms with Crippen LogP contribution >= 0.6 is 0 Å². The lowest BCUT2D eigenvalue weighted by Gasteiger charge is -2.09. The molecule has 0 unspecified atom stereocenters. The number of hydrogen-bond acceptors (Lipinski definition) is 3. The smallest absolute Gasteiger partial charge is 0.212 e. The fourth-order valence-electron chi connectivity index (χ4n) is 2.32. The van der Waals surface area contributed by atoms with Gasteiger partial charge in [-0.25, -0.2) is 13.5 Å². The molecule has 0 radical (unpaired) electrons. The van der Waals surface area contributed by atoms with Crippen LogP contribution in [0.1, 0.15) is 24.1 Å². The van der Waals surface area contributed by atoms with Crippen molar-refractivity contribution in [2.75, 3.05) is 7.05 Å². The van der Waals surface area contributed by atoms with Gasteiger partial charge in [-0.05, 0) is 44.0 Å². The number of ether oxygens (including phenoxy) is 1. The topological polar surface area (TPSA) is 39.1 Å². The number of halogens is 2. The molecule has 1 aliphatic carbocycles. The van der Waals surface area contributed by atoms with E-state index in [4.69, 9.17) is 4.74 Å². The molecule has 1 saturated carbocycles. The summed E-state index contributed by atoms with van der Waals surface area (Å²) >= 11 is 0. The molecule has 0 bridgehead atoms. The lowest BCUT2D eigenvalue weighted by Crippen LogP contribution is -2.09. The van der Waals surface area contributed by atoms with Crippen LogP contribution < -0.4 is 10.1 Å². The first kappa shape index (κ1) is 15.0. The van der Waals surface area contributed by atoms with Crippen molar-refractivity contribution in [1.29, 1.82) is 0 Å². The summed E-state index contributed by atoms with van der Waals surface area (Å²) in [6.45, 7) is 1.44. The molecule has 0 atom stereocenters. The maximum Gasteiger partial charge on any atom is 0.212 e. The largest absolute Gasteiger partial charge is 0.473 e. The number of nitrogens with zero attached hydrogens (tertiary/aromatic N) is 2. The summed E-state index contributed by atoms with van der Waals surface area (Å²) in [7, 11) is 1.85. The van der Waals surface area contributed by atoms with Gasteiger partial charge in [0.1, 0.15) is 18.2 Å². The standard InChI is InChI=1S/C16H19F2N3O/c1-19-8-14-7-16(21(20-14)9-11-2-3-11)22-10-12-6-13(17)4-5-15(12)18/h4-7,11,19H,2-3,8-10H2,1H3. The van der Waals surface area contributed by atoms with E-state index in [2.05, 4.69) is 10.4 Å². The second kappa shape index (κ2) is 6.44. The van der Waals surface area contributed by atoms with Crippen LogP contribution in [0, 0.1) is 17.6 Å². The molecule has 118 valence electrons. The average molecular weight is 307 g/mol. The Balaban J connectivity index is 1.73. The van der Waals surface area contributed by atoms with Crippen LogP contribution in [0.2, 0.25) is 0 Å². The highest BCUT2D eigenvalue weighted by molar-refractivity contribution is 5.21. The SMILES string of the molecule is CNCc1cc(OCc2cc(F)ccc2F)n(CC2CC2)n1. The summed E-state index contributed by atoms with van der Waals surface area (Å²) < 4.78 is 34.3. The predicted octanol–water partition coefficient (Wildman–Crippen LogP) is 2.87. The summed E-state index contributed by atoms with van der Waals surface area (Å²) in [6, 6.07) is 5.21. The van der Waals surface area contributed by atoms with Crippen molar-refractivity contribution in [2.45, 2.75) is 32.5 Å². The Labute approximate surface area is 128 Å². The lowest BCUT2D eigenvalue weighted by molar-refractivity contribution is 0.264. The highest BCUT2D eigenvalue weighted by atomic mass is 19.1. The van der Waals surface area contributed by atoms with Gasteiger partial charge in [-0.3, -0.25) is 0 Å². The van der Waals surface area contributed by atoms with E-state index in [1.54, 1.807) is 0 Å². The van der Waals surface area contributed by atoms with Gasteiger partial charge in [-0.1, -0.05) is 0 Å². The highest BCUT2D eigenvalue weighted by Crippen LogP contribution is 2.32. The van der Waals surface area contributed by atoms with Crippen molar-refractivity contribution in [2.24, 2.45) is 5.92 Å². The Morgan fingerprint density at radius 1 is 1.32 bits per heavy atom. The van der Waals surface area contributed by atoms with Gasteiger partial charge >= 0.3 is 0 Å². The average Bonchev–Trinajstić information content (AvgIpc) is 3.22. The van der Waals surface area contributed by atoms with Gasteiger partial charge in [0.2, 0.25) is 5.88 Å². The molecule has 6 heteroatoms. The first-order valence-corrected chi connectivity index (χ1v) is 7.43. The fourth-order valence-corrected chi connectivity index (χ4v) is 2.32. The van der Waals surface area contributed by atoms with E-state index >= 15 is 0 Å². The van der Waals surface area contributed by atoms with E-state index in [9.17, 15) is 8.78 Å². The Morgan fingerprint density at radius 3 is 2.86 bits per heavy atom. The lowest BCUT2D eigenvalue weighted by atomic mass is 10.2. The first-order chi connectivity index (χ1) is 10.7. The second-order valence-corrected chi connectivity index (χ2v) is 5.65. The molecule has 1 fully saturated rings. The normalized spacial score (nSPS) is 14.3. The number of hydrogen-bond donors (Lipinski definition) is 1. The van der Waals surface area contributed by atoms with Crippen LogP contribution in [-0.2, 0) is 19.7 Å². The van der Waals surface area contributed by atoms with Crippen LogP contribution in [0.4, 0.5) is 8.78 Å². The quantitative estimate of drug-likeness (QED) is 0.855. The van der Waals surface area contributed by atoms with E-state index < -0.39 is 11.6 Å². The molecule has 0 saturated heterocycles. The van der Waals surface area contributed by atoms with E-state index in [1.165, 1.54) is 12.8 Å². The Kier molecular flexibility index (Phi) is 4.38. The fraction of sp³-hybridized carbons (Fsp3) is 0.438. The number of aromatic nitrogens is 2. The highest BCUT2D eigenvalue weighted by Gasteiger charge is 2.24. The van der Waals surface area contributed by atoms with Crippen molar-refractivity contribution in [3.8, 4) is 5.88 Å². The zero-order valence-electron chi connectivity index (χ0n) is 12.5. The number of rotatable bonds is 7. The van der Waals surface area contributed by atoms with Crippen LogP contribution in [0.5, 0.6) is 5.88 Å². The first-order valence-electron chi connectivity index (χ1n) is 7.43. The number of nitrogens with one attached hydrogen (secondary N) is 1. The molecule has 3 rings (SSSR count). The Hall–Kier alpha value is -1.95. The van der Waals surface area contributed by atoms with E-state index in [1.807, 2.05) is 17.8 Å². The van der Waals surface area contributed by atoms with Gasteiger partial charge in [0.25, 0.3) is 0 Å². The molecule has 1 N–H and O–H groups in total. The molecule has 4 nitrogen and oxygen atoms in total. The second-order valence-electron chi connectivity index (χ2n) is 5.65. The third-order valence-corrected chi connectivity index (χ3v) is 3.66. The third kappa shape index (κ3) is 3.62. The molecule has 1 aliphatic rings. The molecule has 0 amide bonds. The summed E-state index contributed by atoms with van der Waals surface area (Å²) in [5.41, 5.74) is 1.08. The van der Waals surface area contributed by atoms with E-state index in [0.29, 0.717) is 18.3 Å². The van der Waals surface area contributed by atoms with Gasteiger partial charge < -0.3 is 10.1 Å². The van der Waals surface area contributed by atoms with Crippen LogP contribution in [-0.4, -0.2) is 16.8 Å². The molecule has 1 aromatic carbocycles. The van der Waals surface area contributed by atoms with E-state index in [-0.39, 0.29) is 12.2 Å².